The third kappa shape index (κ3) is 4.00. The van der Waals surface area contributed by atoms with Crippen LogP contribution in [0.15, 0.2) is 36.4 Å². The van der Waals surface area contributed by atoms with Gasteiger partial charge in [0.05, 0.1) is 16.7 Å². The smallest absolute Gasteiger partial charge is 0.336 e. The van der Waals surface area contributed by atoms with Gasteiger partial charge in [0.15, 0.2) is 17.3 Å². The molecule has 1 aromatic heterocycles. The van der Waals surface area contributed by atoms with Gasteiger partial charge in [0.2, 0.25) is 6.79 Å². The van der Waals surface area contributed by atoms with Gasteiger partial charge < -0.3 is 18.9 Å². The Balaban J connectivity index is 1.74. The molecule has 150 valence electrons. The Morgan fingerprint density at radius 1 is 1.10 bits per heavy atom. The molecule has 2 heterocycles. The molecule has 0 bridgehead atoms. The van der Waals surface area contributed by atoms with Crippen molar-refractivity contribution in [2.45, 2.75) is 0 Å². The highest BCUT2D eigenvalue weighted by atomic mass is 35.5. The van der Waals surface area contributed by atoms with Gasteiger partial charge in [0.25, 0.3) is 5.91 Å². The molecule has 0 fully saturated rings. The van der Waals surface area contributed by atoms with Gasteiger partial charge in [0, 0.05) is 18.2 Å². The van der Waals surface area contributed by atoms with Gasteiger partial charge in [-0.15, -0.1) is 5.10 Å². The summed E-state index contributed by atoms with van der Waals surface area (Å²) in [5.74, 6) is 1.02. The molecule has 0 saturated heterocycles. The molecule has 0 N–H and O–H groups in total. The zero-order chi connectivity index (χ0) is 20.4. The van der Waals surface area contributed by atoms with Gasteiger partial charge in [-0.05, 0) is 36.4 Å². The Hall–Kier alpha value is -2.81. The van der Waals surface area contributed by atoms with E-state index >= 15 is 0 Å². The van der Waals surface area contributed by atoms with Crippen LogP contribution >= 0.6 is 23.2 Å². The molecule has 0 aliphatic carbocycles. The number of rotatable bonds is 6. The van der Waals surface area contributed by atoms with Gasteiger partial charge in [-0.3, -0.25) is 4.79 Å². The molecular formula is C19H15Cl2N3O5. The first kappa shape index (κ1) is 19.5. The van der Waals surface area contributed by atoms with E-state index in [0.717, 1.165) is 4.68 Å². The lowest BCUT2D eigenvalue weighted by Gasteiger charge is -2.06. The molecule has 0 unspecified atom stereocenters. The fourth-order valence-electron chi connectivity index (χ4n) is 2.69. The molecule has 8 nitrogen and oxygen atoms in total. The number of hydrogen-bond donors (Lipinski definition) is 0. The molecule has 10 heteroatoms. The number of ether oxygens (including phenoxy) is 4. The molecule has 29 heavy (non-hydrogen) atoms. The molecule has 2 aromatic carbocycles. The largest absolute Gasteiger partial charge is 0.460 e. The van der Waals surface area contributed by atoms with E-state index in [-0.39, 0.29) is 30.3 Å². The molecular weight excluding hydrogens is 421 g/mol. The second kappa shape index (κ2) is 8.28. The van der Waals surface area contributed by atoms with E-state index in [9.17, 15) is 4.79 Å². The highest BCUT2D eigenvalue weighted by molar-refractivity contribution is 6.42. The van der Waals surface area contributed by atoms with Crippen LogP contribution in [0.2, 0.25) is 10.0 Å². The summed E-state index contributed by atoms with van der Waals surface area (Å²) in [7, 11) is 1.56. The standard InChI is InChI=1S/C19H15Cl2N3O5/c1-26-6-7-27-19-22-17(11-3-5-15-16(9-11)29-10-28-15)24(23-19)18(25)12-2-4-13(20)14(21)8-12/h2-5,8-9H,6-7,10H2,1H3. The van der Waals surface area contributed by atoms with Crippen LogP contribution in [-0.4, -0.2) is 47.8 Å². The van der Waals surface area contributed by atoms with Crippen LogP contribution in [0, 0.1) is 0 Å². The number of hydrogen-bond acceptors (Lipinski definition) is 7. The first-order valence-electron chi connectivity index (χ1n) is 8.55. The molecule has 0 saturated carbocycles. The Labute approximate surface area is 175 Å². The maximum absolute atomic E-state index is 13.1. The maximum atomic E-state index is 13.1. The highest BCUT2D eigenvalue weighted by Gasteiger charge is 2.23. The first-order valence-corrected chi connectivity index (χ1v) is 9.31. The minimum atomic E-state index is -0.440. The highest BCUT2D eigenvalue weighted by Crippen LogP contribution is 2.36. The minimum absolute atomic E-state index is 0.0446. The maximum Gasteiger partial charge on any atom is 0.336 e. The Kier molecular flexibility index (Phi) is 5.57. The monoisotopic (exact) mass is 435 g/mol. The molecule has 0 atom stereocenters. The zero-order valence-corrected chi connectivity index (χ0v) is 16.7. The van der Waals surface area contributed by atoms with E-state index in [1.807, 2.05) is 0 Å². The van der Waals surface area contributed by atoms with Crippen LogP contribution in [0.1, 0.15) is 10.4 Å². The fourth-order valence-corrected chi connectivity index (χ4v) is 2.98. The molecule has 1 aliphatic rings. The third-order valence-electron chi connectivity index (χ3n) is 4.10. The summed E-state index contributed by atoms with van der Waals surface area (Å²) < 4.78 is 22.4. The zero-order valence-electron chi connectivity index (χ0n) is 15.2. The molecule has 3 aromatic rings. The predicted octanol–water partition coefficient (Wildman–Crippen LogP) is 3.69. The lowest BCUT2D eigenvalue weighted by Crippen LogP contribution is -2.15. The SMILES string of the molecule is COCCOc1nc(-c2ccc3c(c2)OCO3)n(C(=O)c2ccc(Cl)c(Cl)c2)n1. The minimum Gasteiger partial charge on any atom is -0.460 e. The molecule has 0 spiro atoms. The molecule has 1 aliphatic heterocycles. The lowest BCUT2D eigenvalue weighted by molar-refractivity contribution is 0.0943. The fraction of sp³-hybridized carbons (Fsp3) is 0.211. The number of aromatic nitrogens is 3. The van der Waals surface area contributed by atoms with E-state index in [1.54, 1.807) is 37.4 Å². The van der Waals surface area contributed by atoms with E-state index < -0.39 is 5.91 Å². The van der Waals surface area contributed by atoms with Crippen LogP contribution in [-0.2, 0) is 4.74 Å². The number of fused-ring (bicyclic) bond motifs is 1. The van der Waals surface area contributed by atoms with Crippen molar-refractivity contribution in [1.29, 1.82) is 0 Å². The van der Waals surface area contributed by atoms with Gasteiger partial charge in [-0.1, -0.05) is 23.2 Å². The van der Waals surface area contributed by atoms with Crippen molar-refractivity contribution >= 4 is 29.1 Å². The number of carbonyl (C=O) groups excluding carboxylic acids is 1. The van der Waals surface area contributed by atoms with Gasteiger partial charge in [-0.25, -0.2) is 0 Å². The summed E-state index contributed by atoms with van der Waals surface area (Å²) in [5.41, 5.74) is 0.909. The van der Waals surface area contributed by atoms with Crippen LogP contribution in [0.25, 0.3) is 11.4 Å². The second-order valence-corrected chi connectivity index (χ2v) is 6.79. The number of benzene rings is 2. The Bertz CT molecular complexity index is 1070. The molecule has 4 rings (SSSR count). The third-order valence-corrected chi connectivity index (χ3v) is 4.84. The van der Waals surface area contributed by atoms with Crippen molar-refractivity contribution < 1.29 is 23.7 Å². The lowest BCUT2D eigenvalue weighted by atomic mass is 10.1. The normalized spacial score (nSPS) is 12.2. The topological polar surface area (TPSA) is 84.7 Å². The van der Waals surface area contributed by atoms with Crippen LogP contribution < -0.4 is 14.2 Å². The summed E-state index contributed by atoms with van der Waals surface area (Å²) in [6.45, 7) is 0.732. The second-order valence-electron chi connectivity index (χ2n) is 5.97. The summed E-state index contributed by atoms with van der Waals surface area (Å²) in [4.78, 5) is 17.5. The van der Waals surface area contributed by atoms with Crippen molar-refractivity contribution in [3.05, 3.63) is 52.0 Å². The van der Waals surface area contributed by atoms with Gasteiger partial charge in [-0.2, -0.15) is 9.67 Å². The summed E-state index contributed by atoms with van der Waals surface area (Å²) in [6.07, 6.45) is 0. The molecule has 0 amide bonds. The van der Waals surface area contributed by atoms with E-state index in [0.29, 0.717) is 34.3 Å². The number of carbonyl (C=O) groups is 1. The number of methoxy groups -OCH3 is 1. The van der Waals surface area contributed by atoms with Crippen molar-refractivity contribution in [3.63, 3.8) is 0 Å². The van der Waals surface area contributed by atoms with E-state index in [4.69, 9.17) is 42.1 Å². The van der Waals surface area contributed by atoms with Gasteiger partial charge in [0.1, 0.15) is 6.61 Å². The Morgan fingerprint density at radius 3 is 2.72 bits per heavy atom. The van der Waals surface area contributed by atoms with E-state index in [1.165, 1.54) is 6.07 Å². The molecule has 0 radical (unpaired) electrons. The van der Waals surface area contributed by atoms with Crippen LogP contribution in [0.5, 0.6) is 17.5 Å². The average molecular weight is 436 g/mol. The van der Waals surface area contributed by atoms with Crippen molar-refractivity contribution in [2.75, 3.05) is 27.1 Å². The van der Waals surface area contributed by atoms with Gasteiger partial charge >= 0.3 is 6.01 Å². The first-order chi connectivity index (χ1) is 14.1. The van der Waals surface area contributed by atoms with Crippen molar-refractivity contribution in [3.8, 4) is 28.9 Å². The quantitative estimate of drug-likeness (QED) is 0.545. The van der Waals surface area contributed by atoms with E-state index in [2.05, 4.69) is 10.1 Å². The van der Waals surface area contributed by atoms with Crippen molar-refractivity contribution in [2.24, 2.45) is 0 Å². The van der Waals surface area contributed by atoms with Crippen LogP contribution in [0.3, 0.4) is 0 Å². The Morgan fingerprint density at radius 2 is 1.93 bits per heavy atom. The summed E-state index contributed by atoms with van der Waals surface area (Å²) in [5, 5.41) is 4.82. The predicted molar refractivity (Wildman–Crippen MR) is 105 cm³/mol. The van der Waals surface area contributed by atoms with Crippen LogP contribution in [0.4, 0.5) is 0 Å². The number of nitrogens with zero attached hydrogens (tertiary/aromatic N) is 3. The summed E-state index contributed by atoms with van der Waals surface area (Å²) in [6, 6.07) is 9.86. The average Bonchev–Trinajstić information content (AvgIpc) is 3.36. The van der Waals surface area contributed by atoms with Crippen molar-refractivity contribution in [1.82, 2.24) is 14.8 Å². The number of halogens is 2. The summed E-state index contributed by atoms with van der Waals surface area (Å²) >= 11 is 12.0.